The van der Waals surface area contributed by atoms with Gasteiger partial charge in [0.15, 0.2) is 34.7 Å². The standard InChI is InChI=1S/C34H37FN9O10P/c1-20-24(16-49-48-3)53-34(43-14-23(35)26-30(43)40-18-42(2)33(26)46)28(20)54-55(47,50-13-7-12-36)51-15-22-10-11-25(52-22)44-19-39-27-29(37-17-38-31(27)44)41-32(45)21-8-5-4-6-9-21/h4-6,8-9,14,17-20,22,24-25,28,34H,7,10-11,13,15-16H2,1-3H3,(H,37,38,41,45)/t20?,22-,24+,25+,28?,34+,55?/m0/s1. The first-order valence-corrected chi connectivity index (χ1v) is 18.7. The van der Waals surface area contributed by atoms with Gasteiger partial charge >= 0.3 is 7.82 Å². The number of halogens is 1. The van der Waals surface area contributed by atoms with Gasteiger partial charge in [-0.25, -0.2) is 38.7 Å². The van der Waals surface area contributed by atoms with Crippen LogP contribution in [-0.2, 0) is 44.4 Å². The van der Waals surface area contributed by atoms with Crippen molar-refractivity contribution in [2.45, 2.75) is 57.0 Å². The highest BCUT2D eigenvalue weighted by Gasteiger charge is 2.49. The van der Waals surface area contributed by atoms with E-state index in [-0.39, 0.29) is 49.0 Å². The number of carbonyl (C=O) groups is 1. The fourth-order valence-corrected chi connectivity index (χ4v) is 7.94. The summed E-state index contributed by atoms with van der Waals surface area (Å²) in [5, 5.41) is 11.7. The number of rotatable bonds is 15. The minimum absolute atomic E-state index is 0.0192. The molecule has 2 aliphatic rings. The number of ether oxygens (including phenoxy) is 2. The zero-order chi connectivity index (χ0) is 38.7. The highest BCUT2D eigenvalue weighted by molar-refractivity contribution is 7.48. The minimum Gasteiger partial charge on any atom is -0.352 e. The molecule has 0 spiro atoms. The number of aromatic nitrogens is 7. The highest BCUT2D eigenvalue weighted by atomic mass is 31.2. The van der Waals surface area contributed by atoms with E-state index in [0.29, 0.717) is 29.6 Å². The fraction of sp³-hybridized carbons (Fsp3) is 0.441. The highest BCUT2D eigenvalue weighted by Crippen LogP contribution is 2.55. The zero-order valence-corrected chi connectivity index (χ0v) is 30.8. The van der Waals surface area contributed by atoms with Crippen molar-refractivity contribution >= 4 is 41.7 Å². The summed E-state index contributed by atoms with van der Waals surface area (Å²) < 4.78 is 63.8. The van der Waals surface area contributed by atoms with Crippen LogP contribution in [0.3, 0.4) is 0 Å². The Kier molecular flexibility index (Phi) is 11.4. The van der Waals surface area contributed by atoms with Crippen molar-refractivity contribution in [2.75, 3.05) is 32.2 Å². The van der Waals surface area contributed by atoms with Gasteiger partial charge < -0.3 is 23.9 Å². The van der Waals surface area contributed by atoms with E-state index < -0.39 is 55.9 Å². The molecular weight excluding hydrogens is 744 g/mol. The number of imidazole rings is 1. The molecule has 2 aliphatic heterocycles. The lowest BCUT2D eigenvalue weighted by atomic mass is 10.0. The van der Waals surface area contributed by atoms with Gasteiger partial charge in [0, 0.05) is 24.7 Å². The van der Waals surface area contributed by atoms with Gasteiger partial charge in [-0.05, 0) is 25.0 Å². The van der Waals surface area contributed by atoms with Crippen molar-refractivity contribution < 1.29 is 46.6 Å². The molecule has 6 heterocycles. The molecule has 21 heteroatoms. The number of hydrogen-bond acceptors (Lipinski definition) is 15. The largest absolute Gasteiger partial charge is 0.475 e. The molecule has 5 aromatic rings. The van der Waals surface area contributed by atoms with Crippen LogP contribution in [0, 0.1) is 23.1 Å². The number of nitrogens with zero attached hydrogens (tertiary/aromatic N) is 8. The predicted molar refractivity (Wildman–Crippen MR) is 188 cm³/mol. The fourth-order valence-electron chi connectivity index (χ4n) is 6.49. The first-order valence-electron chi connectivity index (χ1n) is 17.3. The van der Waals surface area contributed by atoms with Gasteiger partial charge in [0.05, 0.1) is 57.7 Å². The van der Waals surface area contributed by atoms with E-state index in [2.05, 4.69) is 25.3 Å². The van der Waals surface area contributed by atoms with Crippen LogP contribution in [-0.4, -0.2) is 84.8 Å². The molecule has 0 radical (unpaired) electrons. The van der Waals surface area contributed by atoms with Crippen LogP contribution in [0.4, 0.5) is 10.2 Å². The van der Waals surface area contributed by atoms with Crippen molar-refractivity contribution in [3.05, 3.63) is 77.2 Å². The second-order valence-electron chi connectivity index (χ2n) is 12.8. The molecule has 19 nitrogen and oxygen atoms in total. The molecular formula is C34H37FN9O10P. The number of hydrogen-bond donors (Lipinski definition) is 1. The maximum absolute atomic E-state index is 15.2. The number of nitrogens with one attached hydrogen (secondary N) is 1. The van der Waals surface area contributed by atoms with E-state index in [4.69, 9.17) is 32.8 Å². The summed E-state index contributed by atoms with van der Waals surface area (Å²) in [5.74, 6) is -1.53. The van der Waals surface area contributed by atoms with Crippen molar-refractivity contribution in [1.82, 2.24) is 33.6 Å². The molecule has 0 saturated carbocycles. The zero-order valence-electron chi connectivity index (χ0n) is 29.9. The molecule has 290 valence electrons. The third-order valence-corrected chi connectivity index (χ3v) is 10.8. The number of fused-ring (bicyclic) bond motifs is 2. The second kappa shape index (κ2) is 16.4. The number of nitriles is 1. The van der Waals surface area contributed by atoms with E-state index in [1.807, 2.05) is 12.1 Å². The Hall–Kier alpha value is -4.97. The summed E-state index contributed by atoms with van der Waals surface area (Å²) in [6.07, 6.45) is 1.89. The minimum atomic E-state index is -4.49. The molecule has 1 N–H and O–H groups in total. The monoisotopic (exact) mass is 781 g/mol. The Morgan fingerprint density at radius 3 is 2.67 bits per heavy atom. The Bertz CT molecular complexity index is 2320. The normalized spacial score (nSPS) is 23.6. The van der Waals surface area contributed by atoms with E-state index in [1.54, 1.807) is 35.8 Å². The molecule has 0 bridgehead atoms. The molecule has 55 heavy (non-hydrogen) atoms. The first kappa shape index (κ1) is 38.3. The number of amides is 1. The number of benzene rings is 1. The molecule has 0 aliphatic carbocycles. The van der Waals surface area contributed by atoms with Crippen LogP contribution in [0.25, 0.3) is 22.2 Å². The Labute approximate surface area is 312 Å². The SMILES string of the molecule is COOC[C@H]1O[C@@H](n2cc(F)c3c(=O)n(C)cnc32)C(OP(=O)(OCCC#N)OC[C@@H]2CC[C@H](n3cnc4c(NC(=O)c5ccccc5)ncnc43)O2)C1C. The van der Waals surface area contributed by atoms with Gasteiger partial charge in [0.1, 0.15) is 30.7 Å². The number of anilines is 1. The van der Waals surface area contributed by atoms with Gasteiger partial charge in [-0.2, -0.15) is 5.26 Å². The van der Waals surface area contributed by atoms with Crippen molar-refractivity contribution in [3.8, 4) is 6.07 Å². The third-order valence-electron chi connectivity index (χ3n) is 9.33. The summed E-state index contributed by atoms with van der Waals surface area (Å²) in [6, 6.07) is 10.6. The number of phosphoric ester groups is 1. The summed E-state index contributed by atoms with van der Waals surface area (Å²) in [5.41, 5.74) is 0.610. The average Bonchev–Trinajstić information content (AvgIpc) is 3.97. The van der Waals surface area contributed by atoms with Crippen LogP contribution >= 0.6 is 7.82 Å². The molecule has 4 aromatic heterocycles. The van der Waals surface area contributed by atoms with Crippen molar-refractivity contribution in [1.29, 1.82) is 5.26 Å². The van der Waals surface area contributed by atoms with Crippen LogP contribution in [0.1, 0.15) is 49.0 Å². The average molecular weight is 782 g/mol. The van der Waals surface area contributed by atoms with Gasteiger partial charge in [0.25, 0.3) is 11.5 Å². The molecule has 7 atom stereocenters. The second-order valence-corrected chi connectivity index (χ2v) is 14.5. The molecule has 1 aromatic carbocycles. The maximum Gasteiger partial charge on any atom is 0.475 e. The predicted octanol–water partition coefficient (Wildman–Crippen LogP) is 4.20. The summed E-state index contributed by atoms with van der Waals surface area (Å²) in [6.45, 7) is 1.15. The molecule has 1 amide bonds. The third kappa shape index (κ3) is 7.92. The maximum atomic E-state index is 15.2. The van der Waals surface area contributed by atoms with E-state index in [9.17, 15) is 19.4 Å². The van der Waals surface area contributed by atoms with E-state index in [0.717, 1.165) is 10.8 Å². The molecule has 3 unspecified atom stereocenters. The number of carbonyl (C=O) groups excluding carboxylic acids is 1. The lowest BCUT2D eigenvalue weighted by Crippen LogP contribution is -2.29. The quantitative estimate of drug-likeness (QED) is 0.0681. The Morgan fingerprint density at radius 1 is 1.07 bits per heavy atom. The summed E-state index contributed by atoms with van der Waals surface area (Å²) in [7, 11) is -1.72. The van der Waals surface area contributed by atoms with E-state index >= 15 is 4.39 Å². The van der Waals surface area contributed by atoms with Gasteiger partial charge in [-0.1, -0.05) is 25.1 Å². The first-order chi connectivity index (χ1) is 26.6. The van der Waals surface area contributed by atoms with Crippen LogP contribution in [0.15, 0.2) is 60.3 Å². The Morgan fingerprint density at radius 2 is 1.89 bits per heavy atom. The Balaban J connectivity index is 1.08. The molecule has 7 rings (SSSR count). The molecule has 2 fully saturated rings. The smallest absolute Gasteiger partial charge is 0.352 e. The van der Waals surface area contributed by atoms with Crippen LogP contribution in [0.2, 0.25) is 0 Å². The summed E-state index contributed by atoms with van der Waals surface area (Å²) in [4.78, 5) is 52.8. The van der Waals surface area contributed by atoms with Gasteiger partial charge in [-0.3, -0.25) is 27.7 Å². The molecule has 2 saturated heterocycles. The summed E-state index contributed by atoms with van der Waals surface area (Å²) >= 11 is 0. The van der Waals surface area contributed by atoms with Crippen LogP contribution in [0.5, 0.6) is 0 Å². The van der Waals surface area contributed by atoms with Crippen molar-refractivity contribution in [3.63, 3.8) is 0 Å². The van der Waals surface area contributed by atoms with Gasteiger partial charge in [0.2, 0.25) is 0 Å². The lowest BCUT2D eigenvalue weighted by molar-refractivity contribution is -0.288. The van der Waals surface area contributed by atoms with E-state index in [1.165, 1.54) is 37.7 Å². The number of aryl methyl sites for hydroxylation is 1. The van der Waals surface area contributed by atoms with Crippen molar-refractivity contribution in [2.24, 2.45) is 13.0 Å². The topological polar surface area (TPSA) is 218 Å². The lowest BCUT2D eigenvalue weighted by Gasteiger charge is -2.27. The van der Waals surface area contributed by atoms with Gasteiger partial charge in [-0.15, -0.1) is 0 Å². The van der Waals surface area contributed by atoms with Crippen LogP contribution < -0.4 is 10.9 Å². The number of phosphoric acid groups is 1.